The SMILES string of the molecule is CCN(C(=O)CSc1cn(C)c2ccccc12)C1CCS(=O)(=O)C1. The molecular formula is C17H22N2O3S2. The van der Waals surface area contributed by atoms with Gasteiger partial charge in [-0.05, 0) is 19.4 Å². The molecule has 5 nitrogen and oxygen atoms in total. The Morgan fingerprint density at radius 1 is 1.38 bits per heavy atom. The summed E-state index contributed by atoms with van der Waals surface area (Å²) in [4.78, 5) is 15.4. The van der Waals surface area contributed by atoms with E-state index in [1.807, 2.05) is 32.3 Å². The lowest BCUT2D eigenvalue weighted by atomic mass is 10.2. The number of aryl methyl sites for hydroxylation is 1. The molecule has 7 heteroatoms. The van der Waals surface area contributed by atoms with Crippen LogP contribution in [0.4, 0.5) is 0 Å². The summed E-state index contributed by atoms with van der Waals surface area (Å²) in [5.41, 5.74) is 1.14. The Balaban J connectivity index is 1.70. The van der Waals surface area contributed by atoms with Crippen LogP contribution in [0.5, 0.6) is 0 Å². The summed E-state index contributed by atoms with van der Waals surface area (Å²) < 4.78 is 25.4. The quantitative estimate of drug-likeness (QED) is 0.762. The number of rotatable bonds is 5. The predicted octanol–water partition coefficient (Wildman–Crippen LogP) is 2.31. The maximum Gasteiger partial charge on any atom is 0.233 e. The fraction of sp³-hybridized carbons (Fsp3) is 0.471. The van der Waals surface area contributed by atoms with E-state index in [2.05, 4.69) is 16.7 Å². The Hall–Kier alpha value is -1.47. The highest BCUT2D eigenvalue weighted by molar-refractivity contribution is 8.00. The Kier molecular flexibility index (Phi) is 4.92. The second kappa shape index (κ2) is 6.80. The fourth-order valence-electron chi connectivity index (χ4n) is 3.30. The lowest BCUT2D eigenvalue weighted by Gasteiger charge is -2.26. The van der Waals surface area contributed by atoms with Crippen LogP contribution in [0.1, 0.15) is 13.3 Å². The van der Waals surface area contributed by atoms with Gasteiger partial charge in [-0.2, -0.15) is 0 Å². The first-order valence-corrected chi connectivity index (χ1v) is 10.9. The van der Waals surface area contributed by atoms with Crippen molar-refractivity contribution in [3.8, 4) is 0 Å². The molecule has 0 aliphatic carbocycles. The van der Waals surface area contributed by atoms with Crippen LogP contribution < -0.4 is 0 Å². The molecule has 1 fully saturated rings. The molecule has 1 atom stereocenters. The highest BCUT2D eigenvalue weighted by atomic mass is 32.2. The van der Waals surface area contributed by atoms with Crippen LogP contribution in [-0.2, 0) is 21.7 Å². The van der Waals surface area contributed by atoms with E-state index in [1.54, 1.807) is 4.90 Å². The van der Waals surface area contributed by atoms with E-state index in [9.17, 15) is 13.2 Å². The zero-order valence-electron chi connectivity index (χ0n) is 13.9. The predicted molar refractivity (Wildman–Crippen MR) is 98.1 cm³/mol. The molecule has 0 spiro atoms. The number of nitrogens with zero attached hydrogens (tertiary/aromatic N) is 2. The van der Waals surface area contributed by atoms with Crippen molar-refractivity contribution in [2.75, 3.05) is 23.8 Å². The Morgan fingerprint density at radius 2 is 2.12 bits per heavy atom. The Morgan fingerprint density at radius 3 is 2.79 bits per heavy atom. The summed E-state index contributed by atoms with van der Waals surface area (Å²) in [5.74, 6) is 0.638. The first kappa shape index (κ1) is 17.4. The first-order valence-electron chi connectivity index (χ1n) is 8.08. The monoisotopic (exact) mass is 366 g/mol. The van der Waals surface area contributed by atoms with E-state index < -0.39 is 9.84 Å². The lowest BCUT2D eigenvalue weighted by molar-refractivity contribution is -0.129. The van der Waals surface area contributed by atoms with Crippen LogP contribution in [-0.4, -0.2) is 53.6 Å². The van der Waals surface area contributed by atoms with Gasteiger partial charge >= 0.3 is 0 Å². The summed E-state index contributed by atoms with van der Waals surface area (Å²) in [5, 5.41) is 1.14. The molecule has 1 aromatic heterocycles. The smallest absolute Gasteiger partial charge is 0.233 e. The number of hydrogen-bond acceptors (Lipinski definition) is 4. The molecular weight excluding hydrogens is 344 g/mol. The standard InChI is InChI=1S/C17H22N2O3S2/c1-3-19(13-8-9-24(21,22)12-13)17(20)11-23-16-10-18(2)15-7-5-4-6-14(15)16/h4-7,10,13H,3,8-9,11-12H2,1-2H3. The van der Waals surface area contributed by atoms with Gasteiger partial charge in [0.25, 0.3) is 0 Å². The van der Waals surface area contributed by atoms with E-state index in [4.69, 9.17) is 0 Å². The Bertz CT molecular complexity index is 858. The van der Waals surface area contributed by atoms with Crippen LogP contribution in [0.25, 0.3) is 10.9 Å². The number of carbonyl (C=O) groups excluding carboxylic acids is 1. The van der Waals surface area contributed by atoms with Gasteiger partial charge in [0.05, 0.1) is 17.3 Å². The van der Waals surface area contributed by atoms with Gasteiger partial charge < -0.3 is 9.47 Å². The van der Waals surface area contributed by atoms with Crippen LogP contribution in [0.2, 0.25) is 0 Å². The minimum Gasteiger partial charge on any atom is -0.349 e. The largest absolute Gasteiger partial charge is 0.349 e. The summed E-state index contributed by atoms with van der Waals surface area (Å²) in [6.07, 6.45) is 2.60. The first-order chi connectivity index (χ1) is 11.4. The van der Waals surface area contributed by atoms with Gasteiger partial charge in [-0.3, -0.25) is 4.79 Å². The molecule has 0 radical (unpaired) electrons. The molecule has 2 aromatic rings. The molecule has 3 rings (SSSR count). The third-order valence-electron chi connectivity index (χ3n) is 4.52. The molecule has 0 bridgehead atoms. The minimum absolute atomic E-state index is 0.0116. The second-order valence-corrected chi connectivity index (χ2v) is 9.39. The molecule has 1 aromatic carbocycles. The van der Waals surface area contributed by atoms with Gasteiger partial charge in [-0.15, -0.1) is 11.8 Å². The van der Waals surface area contributed by atoms with E-state index in [0.29, 0.717) is 18.7 Å². The van der Waals surface area contributed by atoms with Crippen molar-refractivity contribution < 1.29 is 13.2 Å². The highest BCUT2D eigenvalue weighted by Gasteiger charge is 2.33. The van der Waals surface area contributed by atoms with Gasteiger partial charge in [-0.25, -0.2) is 8.42 Å². The molecule has 0 saturated carbocycles. The molecule has 1 aliphatic rings. The van der Waals surface area contributed by atoms with Crippen molar-refractivity contribution in [1.29, 1.82) is 0 Å². The van der Waals surface area contributed by atoms with E-state index in [1.165, 1.54) is 11.8 Å². The van der Waals surface area contributed by atoms with Crippen LogP contribution in [0.15, 0.2) is 35.4 Å². The third-order valence-corrected chi connectivity index (χ3v) is 7.30. The number of sulfone groups is 1. The number of benzene rings is 1. The minimum atomic E-state index is -2.98. The average Bonchev–Trinajstić information content (AvgIpc) is 3.07. The molecule has 2 heterocycles. The molecule has 1 unspecified atom stereocenters. The number of thioether (sulfide) groups is 1. The number of carbonyl (C=O) groups is 1. The lowest BCUT2D eigenvalue weighted by Crippen LogP contribution is -2.41. The molecule has 1 amide bonds. The molecule has 24 heavy (non-hydrogen) atoms. The number of amides is 1. The molecule has 130 valence electrons. The summed E-state index contributed by atoms with van der Waals surface area (Å²) in [6.45, 7) is 2.46. The molecule has 0 N–H and O–H groups in total. The average molecular weight is 367 g/mol. The van der Waals surface area contributed by atoms with Crippen LogP contribution in [0.3, 0.4) is 0 Å². The van der Waals surface area contributed by atoms with Crippen molar-refractivity contribution in [2.24, 2.45) is 7.05 Å². The van der Waals surface area contributed by atoms with Gasteiger partial charge in [0.2, 0.25) is 5.91 Å². The van der Waals surface area contributed by atoms with Gasteiger partial charge in [-0.1, -0.05) is 18.2 Å². The van der Waals surface area contributed by atoms with E-state index in [0.717, 1.165) is 15.8 Å². The maximum absolute atomic E-state index is 12.6. The van der Waals surface area contributed by atoms with Gasteiger partial charge in [0, 0.05) is 41.6 Å². The van der Waals surface area contributed by atoms with Crippen molar-refractivity contribution in [1.82, 2.24) is 9.47 Å². The third kappa shape index (κ3) is 3.47. The topological polar surface area (TPSA) is 59.4 Å². The zero-order valence-corrected chi connectivity index (χ0v) is 15.6. The zero-order chi connectivity index (χ0) is 17.3. The molecule has 1 saturated heterocycles. The number of fused-ring (bicyclic) bond motifs is 1. The molecule has 1 aliphatic heterocycles. The van der Waals surface area contributed by atoms with Crippen LogP contribution >= 0.6 is 11.8 Å². The van der Waals surface area contributed by atoms with Gasteiger partial charge in [0.1, 0.15) is 0 Å². The summed E-state index contributed by atoms with van der Waals surface area (Å²) in [7, 11) is -0.985. The number of aromatic nitrogens is 1. The number of para-hydroxylation sites is 1. The summed E-state index contributed by atoms with van der Waals surface area (Å²) in [6, 6.07) is 7.95. The van der Waals surface area contributed by atoms with Crippen molar-refractivity contribution in [3.05, 3.63) is 30.5 Å². The Labute approximate surface area is 146 Å². The highest BCUT2D eigenvalue weighted by Crippen LogP contribution is 2.30. The number of hydrogen-bond donors (Lipinski definition) is 0. The second-order valence-electron chi connectivity index (χ2n) is 6.15. The van der Waals surface area contributed by atoms with E-state index in [-0.39, 0.29) is 23.5 Å². The van der Waals surface area contributed by atoms with E-state index >= 15 is 0 Å². The van der Waals surface area contributed by atoms with Crippen molar-refractivity contribution >= 4 is 38.4 Å². The fourth-order valence-corrected chi connectivity index (χ4v) is 6.04. The van der Waals surface area contributed by atoms with Crippen LogP contribution in [0, 0.1) is 0 Å². The van der Waals surface area contributed by atoms with Crippen molar-refractivity contribution in [3.63, 3.8) is 0 Å². The maximum atomic E-state index is 12.6. The summed E-state index contributed by atoms with van der Waals surface area (Å²) >= 11 is 1.52. The normalized spacial score (nSPS) is 19.7. The van der Waals surface area contributed by atoms with Crippen molar-refractivity contribution in [2.45, 2.75) is 24.3 Å². The van der Waals surface area contributed by atoms with Gasteiger partial charge in [0.15, 0.2) is 9.84 Å².